The van der Waals surface area contributed by atoms with Gasteiger partial charge in [0.1, 0.15) is 4.90 Å². The molecule has 0 heterocycles. The summed E-state index contributed by atoms with van der Waals surface area (Å²) in [4.78, 5) is 0.139. The van der Waals surface area contributed by atoms with E-state index in [4.69, 9.17) is 11.6 Å². The monoisotopic (exact) mass is 261 g/mol. The maximum atomic E-state index is 11.9. The van der Waals surface area contributed by atoms with Gasteiger partial charge in [0.25, 0.3) is 0 Å². The smallest absolute Gasteiger partial charge is 0.211 e. The SMILES string of the molecule is CCC(C)CNS(=O)(=O)c1ccccc1Cl. The zero-order chi connectivity index (χ0) is 12.2. The van der Waals surface area contributed by atoms with Gasteiger partial charge in [-0.2, -0.15) is 0 Å². The Morgan fingerprint density at radius 2 is 2.00 bits per heavy atom. The topological polar surface area (TPSA) is 46.2 Å². The van der Waals surface area contributed by atoms with Crippen molar-refractivity contribution in [2.45, 2.75) is 25.2 Å². The number of hydrogen-bond donors (Lipinski definition) is 1. The summed E-state index contributed by atoms with van der Waals surface area (Å²) in [5, 5.41) is 0.249. The zero-order valence-corrected chi connectivity index (χ0v) is 11.0. The largest absolute Gasteiger partial charge is 0.242 e. The minimum Gasteiger partial charge on any atom is -0.211 e. The summed E-state index contributed by atoms with van der Waals surface area (Å²) >= 11 is 5.84. The van der Waals surface area contributed by atoms with Crippen molar-refractivity contribution in [1.82, 2.24) is 4.72 Å². The first-order valence-electron chi connectivity index (χ1n) is 5.21. The van der Waals surface area contributed by atoms with E-state index < -0.39 is 10.0 Å². The summed E-state index contributed by atoms with van der Waals surface area (Å²) in [5.41, 5.74) is 0. The molecule has 0 bridgehead atoms. The molecule has 5 heteroatoms. The van der Waals surface area contributed by atoms with Crippen LogP contribution in [0.5, 0.6) is 0 Å². The van der Waals surface area contributed by atoms with Gasteiger partial charge in [0.05, 0.1) is 5.02 Å². The van der Waals surface area contributed by atoms with Crippen LogP contribution in [-0.4, -0.2) is 15.0 Å². The fourth-order valence-corrected chi connectivity index (χ4v) is 2.82. The average molecular weight is 262 g/mol. The second kappa shape index (κ2) is 5.66. The molecular formula is C11H16ClNO2S. The second-order valence-corrected chi connectivity index (χ2v) is 5.94. The number of sulfonamides is 1. The van der Waals surface area contributed by atoms with Crippen LogP contribution in [-0.2, 0) is 10.0 Å². The van der Waals surface area contributed by atoms with E-state index in [0.717, 1.165) is 6.42 Å². The predicted octanol–water partition coefficient (Wildman–Crippen LogP) is 2.66. The number of benzene rings is 1. The first-order chi connectivity index (χ1) is 7.47. The molecule has 3 nitrogen and oxygen atoms in total. The van der Waals surface area contributed by atoms with E-state index >= 15 is 0 Å². The number of rotatable bonds is 5. The first kappa shape index (κ1) is 13.5. The van der Waals surface area contributed by atoms with Crippen LogP contribution in [0.4, 0.5) is 0 Å². The molecule has 90 valence electrons. The molecule has 1 N–H and O–H groups in total. The molecule has 0 aromatic heterocycles. The Morgan fingerprint density at radius 1 is 1.38 bits per heavy atom. The van der Waals surface area contributed by atoms with E-state index in [-0.39, 0.29) is 9.92 Å². The third kappa shape index (κ3) is 3.47. The summed E-state index contributed by atoms with van der Waals surface area (Å²) in [6.07, 6.45) is 0.936. The molecule has 1 aromatic rings. The summed E-state index contributed by atoms with van der Waals surface area (Å²) in [7, 11) is -3.48. The highest BCUT2D eigenvalue weighted by molar-refractivity contribution is 7.89. The van der Waals surface area contributed by atoms with Gasteiger partial charge in [0, 0.05) is 6.54 Å². The predicted molar refractivity (Wildman–Crippen MR) is 66.1 cm³/mol. The lowest BCUT2D eigenvalue weighted by molar-refractivity contribution is 0.528. The lowest BCUT2D eigenvalue weighted by Gasteiger charge is -2.11. The van der Waals surface area contributed by atoms with Gasteiger partial charge in [-0.15, -0.1) is 0 Å². The summed E-state index contributed by atoms with van der Waals surface area (Å²) < 4.78 is 26.3. The summed E-state index contributed by atoms with van der Waals surface area (Å²) in [6, 6.07) is 6.43. The molecule has 0 radical (unpaired) electrons. The maximum absolute atomic E-state index is 11.9. The lowest BCUT2D eigenvalue weighted by Crippen LogP contribution is -2.28. The van der Waals surface area contributed by atoms with Gasteiger partial charge in [-0.25, -0.2) is 13.1 Å². The maximum Gasteiger partial charge on any atom is 0.242 e. The van der Waals surface area contributed by atoms with Crippen LogP contribution in [0.15, 0.2) is 29.2 Å². The van der Waals surface area contributed by atoms with Gasteiger partial charge < -0.3 is 0 Å². The van der Waals surface area contributed by atoms with Crippen LogP contribution in [0.25, 0.3) is 0 Å². The molecule has 0 saturated heterocycles. The van der Waals surface area contributed by atoms with Crippen molar-refractivity contribution >= 4 is 21.6 Å². The van der Waals surface area contributed by atoms with Gasteiger partial charge >= 0.3 is 0 Å². The molecule has 0 aliphatic carbocycles. The third-order valence-corrected chi connectivity index (χ3v) is 4.37. The van der Waals surface area contributed by atoms with Crippen molar-refractivity contribution in [2.24, 2.45) is 5.92 Å². The van der Waals surface area contributed by atoms with E-state index in [1.54, 1.807) is 18.2 Å². The Labute approximate surface area is 102 Å². The fourth-order valence-electron chi connectivity index (χ4n) is 1.14. The normalized spacial score (nSPS) is 13.7. The van der Waals surface area contributed by atoms with E-state index in [0.29, 0.717) is 12.5 Å². The van der Waals surface area contributed by atoms with Gasteiger partial charge in [0.2, 0.25) is 10.0 Å². The van der Waals surface area contributed by atoms with Gasteiger partial charge in [-0.1, -0.05) is 44.0 Å². The number of halogens is 1. The molecule has 0 spiro atoms. The molecule has 0 saturated carbocycles. The molecular weight excluding hydrogens is 246 g/mol. The number of hydrogen-bond acceptors (Lipinski definition) is 2. The molecule has 0 aliphatic heterocycles. The van der Waals surface area contributed by atoms with Crippen molar-refractivity contribution in [3.05, 3.63) is 29.3 Å². The molecule has 0 fully saturated rings. The van der Waals surface area contributed by atoms with E-state index in [1.165, 1.54) is 6.07 Å². The van der Waals surface area contributed by atoms with Crippen LogP contribution >= 0.6 is 11.6 Å². The summed E-state index contributed by atoms with van der Waals surface area (Å²) in [5.74, 6) is 0.317. The van der Waals surface area contributed by atoms with Crippen molar-refractivity contribution in [1.29, 1.82) is 0 Å². The van der Waals surface area contributed by atoms with Gasteiger partial charge in [0.15, 0.2) is 0 Å². The average Bonchev–Trinajstić information content (AvgIpc) is 2.26. The number of nitrogens with one attached hydrogen (secondary N) is 1. The minimum absolute atomic E-state index is 0.139. The Kier molecular flexibility index (Phi) is 4.77. The fraction of sp³-hybridized carbons (Fsp3) is 0.455. The first-order valence-corrected chi connectivity index (χ1v) is 7.07. The Balaban J connectivity index is 2.83. The standard InChI is InChI=1S/C11H16ClNO2S/c1-3-9(2)8-13-16(14,15)11-7-5-4-6-10(11)12/h4-7,9,13H,3,8H2,1-2H3. The zero-order valence-electron chi connectivity index (χ0n) is 9.40. The molecule has 1 atom stereocenters. The van der Waals surface area contributed by atoms with Gasteiger partial charge in [-0.3, -0.25) is 0 Å². The van der Waals surface area contributed by atoms with Crippen LogP contribution in [0.1, 0.15) is 20.3 Å². The van der Waals surface area contributed by atoms with Crippen molar-refractivity contribution in [3.8, 4) is 0 Å². The van der Waals surface area contributed by atoms with Crippen molar-refractivity contribution in [3.63, 3.8) is 0 Å². The van der Waals surface area contributed by atoms with E-state index in [2.05, 4.69) is 4.72 Å². The second-order valence-electron chi connectivity index (χ2n) is 3.80. The highest BCUT2D eigenvalue weighted by Crippen LogP contribution is 2.20. The molecule has 1 unspecified atom stereocenters. The highest BCUT2D eigenvalue weighted by Gasteiger charge is 2.17. The van der Waals surface area contributed by atoms with Crippen molar-refractivity contribution in [2.75, 3.05) is 6.54 Å². The van der Waals surface area contributed by atoms with Crippen molar-refractivity contribution < 1.29 is 8.42 Å². The molecule has 0 amide bonds. The quantitative estimate of drug-likeness (QED) is 0.886. The van der Waals surface area contributed by atoms with Crippen LogP contribution in [0, 0.1) is 5.92 Å². The molecule has 0 aliphatic rings. The van der Waals surface area contributed by atoms with Gasteiger partial charge in [-0.05, 0) is 18.1 Å². The Hall–Kier alpha value is -0.580. The Morgan fingerprint density at radius 3 is 2.56 bits per heavy atom. The summed E-state index contributed by atoms with van der Waals surface area (Å²) in [6.45, 7) is 4.45. The van der Waals surface area contributed by atoms with E-state index in [9.17, 15) is 8.42 Å². The van der Waals surface area contributed by atoms with E-state index in [1.807, 2.05) is 13.8 Å². The van der Waals surface area contributed by atoms with Crippen LogP contribution < -0.4 is 4.72 Å². The van der Waals surface area contributed by atoms with Crippen LogP contribution in [0.2, 0.25) is 5.02 Å². The molecule has 16 heavy (non-hydrogen) atoms. The molecule has 1 aromatic carbocycles. The minimum atomic E-state index is -3.48. The van der Waals surface area contributed by atoms with Crippen LogP contribution in [0.3, 0.4) is 0 Å². The third-order valence-electron chi connectivity index (χ3n) is 2.44. The lowest BCUT2D eigenvalue weighted by atomic mass is 10.1. The highest BCUT2D eigenvalue weighted by atomic mass is 35.5. The Bertz CT molecular complexity index is 445. The molecule has 1 rings (SSSR count).